The Morgan fingerprint density at radius 1 is 1.19 bits per heavy atom. The number of aryl methyl sites for hydroxylation is 1. The highest BCUT2D eigenvalue weighted by Gasteiger charge is 2.30. The number of nitrogens with one attached hydrogen (secondary N) is 1. The Morgan fingerprint density at radius 2 is 1.85 bits per heavy atom. The van der Waals surface area contributed by atoms with Gasteiger partial charge in [-0.25, -0.2) is 0 Å². The van der Waals surface area contributed by atoms with E-state index in [1.54, 1.807) is 0 Å². The van der Waals surface area contributed by atoms with Crippen molar-refractivity contribution in [3.05, 3.63) is 69.3 Å². The Bertz CT molecular complexity index is 805. The van der Waals surface area contributed by atoms with Gasteiger partial charge in [-0.3, -0.25) is 14.9 Å². The van der Waals surface area contributed by atoms with Crippen LogP contribution in [0.1, 0.15) is 21.5 Å². The molecule has 0 aromatic heterocycles. The first-order chi connectivity index (χ1) is 12.2. The number of ether oxygens (including phenoxy) is 1. The number of alkyl halides is 3. The van der Waals surface area contributed by atoms with E-state index in [9.17, 15) is 28.1 Å². The van der Waals surface area contributed by atoms with E-state index in [-0.39, 0.29) is 30.2 Å². The molecule has 1 N–H and O–H groups in total. The van der Waals surface area contributed by atoms with Gasteiger partial charge in [0.25, 0.3) is 11.6 Å². The van der Waals surface area contributed by atoms with Crippen LogP contribution >= 0.6 is 0 Å². The summed E-state index contributed by atoms with van der Waals surface area (Å²) in [7, 11) is 0. The number of hydrogen-bond donors (Lipinski definition) is 1. The van der Waals surface area contributed by atoms with E-state index in [0.29, 0.717) is 5.56 Å². The first-order valence-electron chi connectivity index (χ1n) is 7.52. The Balaban J connectivity index is 1.83. The van der Waals surface area contributed by atoms with Crippen LogP contribution in [0, 0.1) is 17.0 Å². The van der Waals surface area contributed by atoms with Gasteiger partial charge in [-0.1, -0.05) is 0 Å². The first-order valence-corrected chi connectivity index (χ1v) is 7.52. The molecule has 138 valence electrons. The SMILES string of the molecule is Cc1cc(C(=O)NCCOc2ccc(C(F)(F)F)cc2)ccc1[N+](=O)[O-]. The highest BCUT2D eigenvalue weighted by molar-refractivity contribution is 5.94. The molecule has 0 unspecified atom stereocenters. The number of carbonyl (C=O) groups is 1. The van der Waals surface area contributed by atoms with Gasteiger partial charge < -0.3 is 10.1 Å². The summed E-state index contributed by atoms with van der Waals surface area (Å²) in [5, 5.41) is 13.3. The lowest BCUT2D eigenvalue weighted by molar-refractivity contribution is -0.385. The number of carbonyl (C=O) groups excluding carboxylic acids is 1. The molecule has 2 aromatic rings. The average molecular weight is 368 g/mol. The van der Waals surface area contributed by atoms with Crippen molar-refractivity contribution in [2.75, 3.05) is 13.2 Å². The Kier molecular flexibility index (Phi) is 5.81. The molecule has 0 spiro atoms. The fourth-order valence-corrected chi connectivity index (χ4v) is 2.18. The smallest absolute Gasteiger partial charge is 0.416 e. The molecule has 26 heavy (non-hydrogen) atoms. The topological polar surface area (TPSA) is 81.5 Å². The molecule has 0 heterocycles. The van der Waals surface area contributed by atoms with E-state index in [1.807, 2.05) is 0 Å². The maximum atomic E-state index is 12.4. The van der Waals surface area contributed by atoms with Crippen molar-refractivity contribution in [2.45, 2.75) is 13.1 Å². The lowest BCUT2D eigenvalue weighted by Crippen LogP contribution is -2.28. The van der Waals surface area contributed by atoms with E-state index in [2.05, 4.69) is 5.32 Å². The van der Waals surface area contributed by atoms with Gasteiger partial charge in [0.15, 0.2) is 0 Å². The Labute approximate surface area is 146 Å². The van der Waals surface area contributed by atoms with Crippen LogP contribution in [-0.2, 0) is 6.18 Å². The fraction of sp³-hybridized carbons (Fsp3) is 0.235. The average Bonchev–Trinajstić information content (AvgIpc) is 2.57. The van der Waals surface area contributed by atoms with Gasteiger partial charge in [-0.05, 0) is 43.3 Å². The third-order valence-electron chi connectivity index (χ3n) is 3.49. The van der Waals surface area contributed by atoms with Crippen molar-refractivity contribution in [1.29, 1.82) is 0 Å². The number of nitro groups is 1. The van der Waals surface area contributed by atoms with Gasteiger partial charge in [-0.15, -0.1) is 0 Å². The summed E-state index contributed by atoms with van der Waals surface area (Å²) < 4.78 is 42.6. The molecule has 0 fully saturated rings. The van der Waals surface area contributed by atoms with E-state index in [4.69, 9.17) is 4.74 Å². The van der Waals surface area contributed by atoms with Crippen LogP contribution in [0.25, 0.3) is 0 Å². The number of rotatable bonds is 6. The van der Waals surface area contributed by atoms with Gasteiger partial charge >= 0.3 is 6.18 Å². The van der Waals surface area contributed by atoms with Crippen molar-refractivity contribution in [3.63, 3.8) is 0 Å². The van der Waals surface area contributed by atoms with E-state index in [0.717, 1.165) is 12.1 Å². The maximum Gasteiger partial charge on any atom is 0.416 e. The Hall–Kier alpha value is -3.10. The molecule has 0 radical (unpaired) electrons. The third kappa shape index (κ3) is 4.95. The van der Waals surface area contributed by atoms with Crippen LogP contribution in [0.3, 0.4) is 0 Å². The zero-order valence-electron chi connectivity index (χ0n) is 13.7. The molecule has 9 heteroatoms. The quantitative estimate of drug-likeness (QED) is 0.479. The highest BCUT2D eigenvalue weighted by atomic mass is 19.4. The second-order valence-corrected chi connectivity index (χ2v) is 5.38. The van der Waals surface area contributed by atoms with E-state index < -0.39 is 22.6 Å². The number of nitro benzene ring substituents is 1. The molecule has 6 nitrogen and oxygen atoms in total. The second-order valence-electron chi connectivity index (χ2n) is 5.38. The van der Waals surface area contributed by atoms with Crippen LogP contribution in [-0.4, -0.2) is 24.0 Å². The minimum absolute atomic E-state index is 0.0586. The van der Waals surface area contributed by atoms with Gasteiger partial charge in [0.05, 0.1) is 17.0 Å². The molecule has 2 aromatic carbocycles. The molecule has 0 saturated heterocycles. The number of benzene rings is 2. The normalized spacial score (nSPS) is 11.1. The largest absolute Gasteiger partial charge is 0.492 e. The lowest BCUT2D eigenvalue weighted by Gasteiger charge is -2.10. The zero-order valence-corrected chi connectivity index (χ0v) is 13.7. The molecule has 2 rings (SSSR count). The first kappa shape index (κ1) is 19.2. The van der Waals surface area contributed by atoms with Gasteiger partial charge in [0.1, 0.15) is 12.4 Å². The summed E-state index contributed by atoms with van der Waals surface area (Å²) in [5.41, 5.74) is -0.217. The highest BCUT2D eigenvalue weighted by Crippen LogP contribution is 2.30. The molecule has 0 aliphatic rings. The minimum atomic E-state index is -4.41. The summed E-state index contributed by atoms with van der Waals surface area (Å²) in [6.07, 6.45) is -4.41. The number of amides is 1. The van der Waals surface area contributed by atoms with Gasteiger partial charge in [0, 0.05) is 17.2 Å². The van der Waals surface area contributed by atoms with E-state index in [1.165, 1.54) is 37.3 Å². The predicted molar refractivity (Wildman–Crippen MR) is 87.1 cm³/mol. The summed E-state index contributed by atoms with van der Waals surface area (Å²) in [6, 6.07) is 8.22. The summed E-state index contributed by atoms with van der Waals surface area (Å²) in [4.78, 5) is 22.2. The number of halogens is 3. The summed E-state index contributed by atoms with van der Waals surface area (Å²) in [5.74, 6) is -0.183. The molecule has 0 aliphatic carbocycles. The minimum Gasteiger partial charge on any atom is -0.492 e. The van der Waals surface area contributed by atoms with Crippen molar-refractivity contribution in [3.8, 4) is 5.75 Å². The van der Waals surface area contributed by atoms with Crippen molar-refractivity contribution in [2.24, 2.45) is 0 Å². The standard InChI is InChI=1S/C17H15F3N2O4/c1-11-10-12(2-7-15(11)22(24)25)16(23)21-8-9-26-14-5-3-13(4-6-14)17(18,19)20/h2-7,10H,8-9H2,1H3,(H,21,23). The zero-order chi connectivity index (χ0) is 19.3. The van der Waals surface area contributed by atoms with Crippen molar-refractivity contribution in [1.82, 2.24) is 5.32 Å². The van der Waals surface area contributed by atoms with Crippen LogP contribution in [0.2, 0.25) is 0 Å². The van der Waals surface area contributed by atoms with Crippen LogP contribution in [0.5, 0.6) is 5.75 Å². The van der Waals surface area contributed by atoms with Gasteiger partial charge in [0.2, 0.25) is 0 Å². The molecular formula is C17H15F3N2O4. The summed E-state index contributed by atoms with van der Waals surface area (Å²) >= 11 is 0. The Morgan fingerprint density at radius 3 is 2.38 bits per heavy atom. The molecular weight excluding hydrogens is 353 g/mol. The van der Waals surface area contributed by atoms with Crippen LogP contribution in [0.15, 0.2) is 42.5 Å². The lowest BCUT2D eigenvalue weighted by atomic mass is 10.1. The van der Waals surface area contributed by atoms with Gasteiger partial charge in [-0.2, -0.15) is 13.2 Å². The van der Waals surface area contributed by atoms with Crippen LogP contribution < -0.4 is 10.1 Å². The maximum absolute atomic E-state index is 12.4. The molecule has 0 bridgehead atoms. The molecule has 0 saturated carbocycles. The van der Waals surface area contributed by atoms with Crippen molar-refractivity contribution < 1.29 is 27.6 Å². The molecule has 1 amide bonds. The molecule has 0 aliphatic heterocycles. The van der Waals surface area contributed by atoms with E-state index >= 15 is 0 Å². The molecule has 0 atom stereocenters. The third-order valence-corrected chi connectivity index (χ3v) is 3.49. The van der Waals surface area contributed by atoms with Crippen LogP contribution in [0.4, 0.5) is 18.9 Å². The number of nitrogens with zero attached hydrogens (tertiary/aromatic N) is 1. The monoisotopic (exact) mass is 368 g/mol. The summed E-state index contributed by atoms with van der Waals surface area (Å²) in [6.45, 7) is 1.71. The fourth-order valence-electron chi connectivity index (χ4n) is 2.18. The predicted octanol–water partition coefficient (Wildman–Crippen LogP) is 3.73. The number of hydrogen-bond acceptors (Lipinski definition) is 4. The second kappa shape index (κ2) is 7.85. The van der Waals surface area contributed by atoms with Crippen molar-refractivity contribution >= 4 is 11.6 Å².